The van der Waals surface area contributed by atoms with Crippen molar-refractivity contribution in [3.63, 3.8) is 0 Å². The standard InChI is InChI=1S/C31H41N3O4S/c1-7-8-16-34(31(36)32-26-12-9-22(2)23(3)18-26)21-30(35)33(20-27-13-10-24(4)39-27)17-15-25-11-14-28(37-5)29(19-25)38-6/h9-14,18-19H,7-8,15-17,20-21H2,1-6H3,(H,32,36). The van der Waals surface area contributed by atoms with E-state index in [1.54, 1.807) is 30.5 Å². The molecule has 1 N–H and O–H groups in total. The van der Waals surface area contributed by atoms with E-state index in [9.17, 15) is 9.59 Å². The van der Waals surface area contributed by atoms with Gasteiger partial charge >= 0.3 is 6.03 Å². The number of hydrogen-bond donors (Lipinski definition) is 1. The minimum Gasteiger partial charge on any atom is -0.493 e. The zero-order valence-corrected chi connectivity index (χ0v) is 24.8. The van der Waals surface area contributed by atoms with Gasteiger partial charge in [-0.2, -0.15) is 0 Å². The van der Waals surface area contributed by atoms with Gasteiger partial charge in [0.1, 0.15) is 6.54 Å². The van der Waals surface area contributed by atoms with Crippen LogP contribution in [0.2, 0.25) is 0 Å². The highest BCUT2D eigenvalue weighted by Crippen LogP contribution is 2.28. The zero-order valence-electron chi connectivity index (χ0n) is 24.0. The third-order valence-corrected chi connectivity index (χ3v) is 7.75. The second kappa shape index (κ2) is 14.6. The van der Waals surface area contributed by atoms with Gasteiger partial charge in [0.2, 0.25) is 5.91 Å². The van der Waals surface area contributed by atoms with E-state index in [0.29, 0.717) is 37.6 Å². The van der Waals surface area contributed by atoms with Crippen LogP contribution in [0.1, 0.15) is 46.2 Å². The average molecular weight is 552 g/mol. The first-order chi connectivity index (χ1) is 18.7. The molecule has 0 bridgehead atoms. The first kappa shape index (κ1) is 30.0. The molecule has 0 radical (unpaired) electrons. The van der Waals surface area contributed by atoms with Gasteiger partial charge in [0.15, 0.2) is 11.5 Å². The van der Waals surface area contributed by atoms with E-state index in [1.807, 2.05) is 55.1 Å². The van der Waals surface area contributed by atoms with E-state index in [2.05, 4.69) is 31.3 Å². The molecule has 0 atom stereocenters. The van der Waals surface area contributed by atoms with Crippen LogP contribution in [0.3, 0.4) is 0 Å². The summed E-state index contributed by atoms with van der Waals surface area (Å²) in [7, 11) is 3.23. The van der Waals surface area contributed by atoms with Gasteiger partial charge in [-0.15, -0.1) is 11.3 Å². The summed E-state index contributed by atoms with van der Waals surface area (Å²) in [6, 6.07) is 15.5. The lowest BCUT2D eigenvalue weighted by Crippen LogP contribution is -2.45. The molecule has 3 rings (SSSR count). The van der Waals surface area contributed by atoms with Crippen LogP contribution in [0, 0.1) is 20.8 Å². The van der Waals surface area contributed by atoms with Gasteiger partial charge in [-0.25, -0.2) is 4.79 Å². The van der Waals surface area contributed by atoms with Crippen molar-refractivity contribution in [1.82, 2.24) is 9.80 Å². The number of aryl methyl sites for hydroxylation is 3. The first-order valence-electron chi connectivity index (χ1n) is 13.4. The molecule has 0 aliphatic heterocycles. The molecule has 0 aliphatic carbocycles. The van der Waals surface area contributed by atoms with E-state index in [1.165, 1.54) is 10.4 Å². The predicted octanol–water partition coefficient (Wildman–Crippen LogP) is 6.60. The van der Waals surface area contributed by atoms with Crippen LogP contribution in [0.4, 0.5) is 10.5 Å². The van der Waals surface area contributed by atoms with Crippen molar-refractivity contribution in [2.75, 3.05) is 39.2 Å². The van der Waals surface area contributed by atoms with Crippen LogP contribution in [0.15, 0.2) is 48.5 Å². The number of carbonyl (C=O) groups excluding carboxylic acids is 2. The monoisotopic (exact) mass is 551 g/mol. The molecule has 1 aromatic heterocycles. The number of hydrogen-bond acceptors (Lipinski definition) is 5. The number of nitrogens with one attached hydrogen (secondary N) is 1. The molecule has 0 saturated heterocycles. The molecule has 1 heterocycles. The molecule has 0 spiro atoms. The number of thiophene rings is 1. The Labute approximate surface area is 236 Å². The lowest BCUT2D eigenvalue weighted by molar-refractivity contribution is -0.132. The highest BCUT2D eigenvalue weighted by molar-refractivity contribution is 7.11. The maximum absolute atomic E-state index is 13.7. The number of unbranched alkanes of at least 4 members (excludes halogenated alkanes) is 1. The van der Waals surface area contributed by atoms with Crippen LogP contribution in [0.5, 0.6) is 11.5 Å². The third-order valence-electron chi connectivity index (χ3n) is 6.77. The van der Waals surface area contributed by atoms with Gasteiger partial charge in [0, 0.05) is 28.5 Å². The molecule has 210 valence electrons. The number of methoxy groups -OCH3 is 2. The van der Waals surface area contributed by atoms with E-state index < -0.39 is 0 Å². The van der Waals surface area contributed by atoms with Gasteiger partial charge in [0.25, 0.3) is 0 Å². The Morgan fingerprint density at radius 3 is 2.28 bits per heavy atom. The molecule has 2 aromatic carbocycles. The highest BCUT2D eigenvalue weighted by Gasteiger charge is 2.22. The molecule has 7 nitrogen and oxygen atoms in total. The second-order valence-electron chi connectivity index (χ2n) is 9.77. The Hall–Kier alpha value is -3.52. The Balaban J connectivity index is 1.76. The summed E-state index contributed by atoms with van der Waals surface area (Å²) in [5.74, 6) is 1.26. The molecular weight excluding hydrogens is 510 g/mol. The highest BCUT2D eigenvalue weighted by atomic mass is 32.1. The average Bonchev–Trinajstić information content (AvgIpc) is 3.34. The van der Waals surface area contributed by atoms with Crippen LogP contribution < -0.4 is 14.8 Å². The number of carbonyl (C=O) groups is 2. The summed E-state index contributed by atoms with van der Waals surface area (Å²) in [6.45, 7) is 9.76. The minimum absolute atomic E-state index is 0.0208. The Morgan fingerprint density at radius 1 is 0.872 bits per heavy atom. The SMILES string of the molecule is CCCCN(CC(=O)N(CCc1ccc(OC)c(OC)c1)Cc1ccc(C)s1)C(=O)Nc1ccc(C)c(C)c1. The number of anilines is 1. The number of amides is 3. The molecule has 0 unspecified atom stereocenters. The molecule has 3 amide bonds. The van der Waals surface area contributed by atoms with Crippen molar-refractivity contribution in [1.29, 1.82) is 0 Å². The molecule has 8 heteroatoms. The summed E-state index contributed by atoms with van der Waals surface area (Å²) < 4.78 is 10.8. The third kappa shape index (κ3) is 8.75. The number of nitrogens with zero attached hydrogens (tertiary/aromatic N) is 2. The quantitative estimate of drug-likeness (QED) is 0.260. The van der Waals surface area contributed by atoms with E-state index in [4.69, 9.17) is 9.47 Å². The van der Waals surface area contributed by atoms with Gasteiger partial charge in [0.05, 0.1) is 20.8 Å². The first-order valence-corrected chi connectivity index (χ1v) is 14.2. The maximum atomic E-state index is 13.7. The fourth-order valence-electron chi connectivity index (χ4n) is 4.24. The maximum Gasteiger partial charge on any atom is 0.322 e. The van der Waals surface area contributed by atoms with Crippen LogP contribution in [0.25, 0.3) is 0 Å². The summed E-state index contributed by atoms with van der Waals surface area (Å²) in [4.78, 5) is 32.8. The number of rotatable bonds is 13. The number of urea groups is 1. The Morgan fingerprint density at radius 2 is 1.64 bits per heavy atom. The smallest absolute Gasteiger partial charge is 0.322 e. The largest absolute Gasteiger partial charge is 0.493 e. The van der Waals surface area contributed by atoms with Crippen molar-refractivity contribution in [2.24, 2.45) is 0 Å². The van der Waals surface area contributed by atoms with Crippen LogP contribution >= 0.6 is 11.3 Å². The van der Waals surface area contributed by atoms with Crippen molar-refractivity contribution in [3.05, 3.63) is 75.0 Å². The summed E-state index contributed by atoms with van der Waals surface area (Å²) in [5, 5.41) is 2.99. The van der Waals surface area contributed by atoms with Gasteiger partial charge in [-0.1, -0.05) is 25.5 Å². The summed E-state index contributed by atoms with van der Waals surface area (Å²) in [5.41, 5.74) is 4.05. The molecule has 39 heavy (non-hydrogen) atoms. The number of ether oxygens (including phenoxy) is 2. The van der Waals surface area contributed by atoms with Crippen molar-refractivity contribution in [2.45, 2.75) is 53.5 Å². The van der Waals surface area contributed by atoms with Crippen molar-refractivity contribution >= 4 is 29.0 Å². The minimum atomic E-state index is -0.258. The molecular formula is C31H41N3O4S. The Bertz CT molecular complexity index is 1260. The lowest BCUT2D eigenvalue weighted by atomic mass is 10.1. The fourth-order valence-corrected chi connectivity index (χ4v) is 5.14. The van der Waals surface area contributed by atoms with Crippen molar-refractivity contribution < 1.29 is 19.1 Å². The van der Waals surface area contributed by atoms with Crippen LogP contribution in [-0.2, 0) is 17.8 Å². The number of benzene rings is 2. The van der Waals surface area contributed by atoms with Gasteiger partial charge < -0.3 is 24.6 Å². The van der Waals surface area contributed by atoms with Gasteiger partial charge in [-0.05, 0) is 86.7 Å². The molecule has 0 saturated carbocycles. The van der Waals surface area contributed by atoms with E-state index >= 15 is 0 Å². The van der Waals surface area contributed by atoms with E-state index in [-0.39, 0.29) is 18.5 Å². The molecule has 3 aromatic rings. The molecule has 0 aliphatic rings. The van der Waals surface area contributed by atoms with E-state index in [0.717, 1.165) is 34.5 Å². The zero-order chi connectivity index (χ0) is 28.4. The predicted molar refractivity (Wildman–Crippen MR) is 159 cm³/mol. The summed E-state index contributed by atoms with van der Waals surface area (Å²) >= 11 is 1.69. The lowest BCUT2D eigenvalue weighted by Gasteiger charge is -2.28. The topological polar surface area (TPSA) is 71.1 Å². The normalized spacial score (nSPS) is 10.7. The second-order valence-corrected chi connectivity index (χ2v) is 11.1. The Kier molecular flexibility index (Phi) is 11.2. The fraction of sp³-hybridized carbons (Fsp3) is 0.419. The summed E-state index contributed by atoms with van der Waals surface area (Å²) in [6.07, 6.45) is 2.41. The van der Waals surface area contributed by atoms with Crippen LogP contribution in [-0.4, -0.2) is 55.6 Å². The van der Waals surface area contributed by atoms with Gasteiger partial charge in [-0.3, -0.25) is 4.79 Å². The molecule has 0 fully saturated rings. The van der Waals surface area contributed by atoms with Crippen molar-refractivity contribution in [3.8, 4) is 11.5 Å².